The van der Waals surface area contributed by atoms with Crippen molar-refractivity contribution in [3.63, 3.8) is 0 Å². The van der Waals surface area contributed by atoms with E-state index in [9.17, 15) is 27.9 Å². The largest absolute Gasteiger partial charge is 0.508 e. The topological polar surface area (TPSA) is 91.3 Å². The number of fused-ring (bicyclic) bond motifs is 1. The lowest BCUT2D eigenvalue weighted by Crippen LogP contribution is -2.29. The first-order valence-corrected chi connectivity index (χ1v) is 9.81. The van der Waals surface area contributed by atoms with E-state index in [4.69, 9.17) is 0 Å². The maximum absolute atomic E-state index is 12.8. The smallest absolute Gasteiger partial charge is 0.433 e. The summed E-state index contributed by atoms with van der Waals surface area (Å²) >= 11 is 0.913. The Morgan fingerprint density at radius 1 is 1.10 bits per heavy atom. The number of aryl methyl sites for hydroxylation is 1. The summed E-state index contributed by atoms with van der Waals surface area (Å²) in [6, 6.07) is 8.16. The maximum Gasteiger partial charge on any atom is 0.433 e. The van der Waals surface area contributed by atoms with Gasteiger partial charge in [-0.15, -0.1) is 11.3 Å². The molecule has 158 valence electrons. The second kappa shape index (κ2) is 8.70. The molecule has 3 rings (SSSR count). The molecule has 0 radical (unpaired) electrons. The first kappa shape index (κ1) is 21.6. The standard InChI is InChI=1S/C20H18F3N3O3S/c1-11-14-6-7-15(20(21,22)23)26-19(14)30-16(11)18(29)25-9-3-8-24-17(28)12-4-2-5-13(27)10-12/h2,4-7,10,27H,3,8-9H2,1H3,(H,24,28)(H,25,29). The van der Waals surface area contributed by atoms with Crippen LogP contribution in [-0.4, -0.2) is 35.0 Å². The molecule has 30 heavy (non-hydrogen) atoms. The van der Waals surface area contributed by atoms with Crippen LogP contribution in [0.3, 0.4) is 0 Å². The molecule has 10 heteroatoms. The van der Waals surface area contributed by atoms with E-state index in [1.54, 1.807) is 19.1 Å². The number of hydrogen-bond acceptors (Lipinski definition) is 5. The Bertz CT molecular complexity index is 1100. The molecule has 0 saturated carbocycles. The lowest BCUT2D eigenvalue weighted by molar-refractivity contribution is -0.140. The highest BCUT2D eigenvalue weighted by Gasteiger charge is 2.33. The van der Waals surface area contributed by atoms with Crippen LogP contribution in [0.25, 0.3) is 10.2 Å². The van der Waals surface area contributed by atoms with Gasteiger partial charge in [0.15, 0.2) is 0 Å². The fraction of sp³-hybridized carbons (Fsp3) is 0.250. The van der Waals surface area contributed by atoms with Crippen LogP contribution in [0.2, 0.25) is 0 Å². The molecule has 2 aromatic heterocycles. The number of amides is 2. The molecule has 0 saturated heterocycles. The lowest BCUT2D eigenvalue weighted by atomic mass is 10.1. The number of carbonyl (C=O) groups is 2. The van der Waals surface area contributed by atoms with E-state index in [-0.39, 0.29) is 23.0 Å². The molecule has 2 heterocycles. The summed E-state index contributed by atoms with van der Waals surface area (Å²) in [5, 5.41) is 15.3. The molecule has 0 spiro atoms. The number of alkyl halides is 3. The van der Waals surface area contributed by atoms with Gasteiger partial charge in [0.05, 0.1) is 4.88 Å². The van der Waals surface area contributed by atoms with E-state index >= 15 is 0 Å². The molecule has 6 nitrogen and oxygen atoms in total. The van der Waals surface area contributed by atoms with Gasteiger partial charge in [0.2, 0.25) is 0 Å². The fourth-order valence-corrected chi connectivity index (χ4v) is 3.89. The minimum absolute atomic E-state index is 0.00883. The summed E-state index contributed by atoms with van der Waals surface area (Å²) in [6.45, 7) is 2.24. The summed E-state index contributed by atoms with van der Waals surface area (Å²) in [5.74, 6) is -0.752. The van der Waals surface area contributed by atoms with Gasteiger partial charge in [-0.3, -0.25) is 9.59 Å². The maximum atomic E-state index is 12.8. The molecule has 0 aliphatic heterocycles. The SMILES string of the molecule is Cc1c(C(=O)NCCCNC(=O)c2cccc(O)c2)sc2nc(C(F)(F)F)ccc12. The summed E-state index contributed by atoms with van der Waals surface area (Å²) in [6.07, 6.45) is -4.09. The Balaban J connectivity index is 1.54. The molecule has 3 N–H and O–H groups in total. The fourth-order valence-electron chi connectivity index (χ4n) is 2.80. The van der Waals surface area contributed by atoms with Gasteiger partial charge in [0, 0.05) is 24.0 Å². The normalized spacial score (nSPS) is 11.5. The molecule has 0 aliphatic rings. The van der Waals surface area contributed by atoms with Gasteiger partial charge in [-0.05, 0) is 49.2 Å². The second-order valence-electron chi connectivity index (χ2n) is 6.52. The van der Waals surface area contributed by atoms with E-state index in [0.717, 1.165) is 17.4 Å². The quantitative estimate of drug-likeness (QED) is 0.511. The number of hydrogen-bond donors (Lipinski definition) is 3. The minimum Gasteiger partial charge on any atom is -0.508 e. The third kappa shape index (κ3) is 4.88. The van der Waals surface area contributed by atoms with Crippen LogP contribution >= 0.6 is 11.3 Å². The highest BCUT2D eigenvalue weighted by atomic mass is 32.1. The molecule has 0 aliphatic carbocycles. The van der Waals surface area contributed by atoms with Crippen LogP contribution in [-0.2, 0) is 6.18 Å². The van der Waals surface area contributed by atoms with E-state index in [2.05, 4.69) is 15.6 Å². The van der Waals surface area contributed by atoms with Crippen LogP contribution in [0.1, 0.15) is 37.7 Å². The van der Waals surface area contributed by atoms with E-state index in [1.807, 2.05) is 0 Å². The van der Waals surface area contributed by atoms with Crippen LogP contribution in [0.4, 0.5) is 13.2 Å². The van der Waals surface area contributed by atoms with Gasteiger partial charge in [0.25, 0.3) is 11.8 Å². The van der Waals surface area contributed by atoms with Crippen LogP contribution in [0.15, 0.2) is 36.4 Å². The van der Waals surface area contributed by atoms with Crippen LogP contribution < -0.4 is 10.6 Å². The minimum atomic E-state index is -4.54. The lowest BCUT2D eigenvalue weighted by Gasteiger charge is -2.07. The number of thiophene rings is 1. The molecule has 0 unspecified atom stereocenters. The molecule has 3 aromatic rings. The number of rotatable bonds is 6. The van der Waals surface area contributed by atoms with Crippen molar-refractivity contribution in [1.82, 2.24) is 15.6 Å². The van der Waals surface area contributed by atoms with Gasteiger partial charge in [-0.2, -0.15) is 13.2 Å². The monoisotopic (exact) mass is 437 g/mol. The van der Waals surface area contributed by atoms with E-state index in [1.165, 1.54) is 18.2 Å². The highest BCUT2D eigenvalue weighted by Crippen LogP contribution is 2.34. The Morgan fingerprint density at radius 2 is 1.80 bits per heavy atom. The van der Waals surface area contributed by atoms with Crippen molar-refractivity contribution in [1.29, 1.82) is 0 Å². The number of nitrogens with zero attached hydrogens (tertiary/aromatic N) is 1. The highest BCUT2D eigenvalue weighted by molar-refractivity contribution is 7.20. The van der Waals surface area contributed by atoms with Gasteiger partial charge in [0.1, 0.15) is 16.3 Å². The molecule has 0 fully saturated rings. The Kier molecular flexibility index (Phi) is 6.25. The Labute approximate surface area is 173 Å². The number of benzene rings is 1. The van der Waals surface area contributed by atoms with Crippen molar-refractivity contribution in [3.8, 4) is 5.75 Å². The number of halogens is 3. The Hall–Kier alpha value is -3.14. The number of pyridine rings is 1. The molecule has 2 amide bonds. The summed E-state index contributed by atoms with van der Waals surface area (Å²) < 4.78 is 38.5. The van der Waals surface area contributed by atoms with Crippen LogP contribution in [0, 0.1) is 6.92 Å². The van der Waals surface area contributed by atoms with Gasteiger partial charge in [-0.25, -0.2) is 4.98 Å². The molecular weight excluding hydrogens is 419 g/mol. The number of phenolic OH excluding ortho intramolecular Hbond substituents is 1. The summed E-state index contributed by atoms with van der Waals surface area (Å²) in [7, 11) is 0. The average molecular weight is 437 g/mol. The number of carbonyl (C=O) groups excluding carboxylic acids is 2. The van der Waals surface area contributed by atoms with Crippen molar-refractivity contribution in [2.45, 2.75) is 19.5 Å². The van der Waals surface area contributed by atoms with Crippen molar-refractivity contribution in [2.75, 3.05) is 13.1 Å². The number of nitrogens with one attached hydrogen (secondary N) is 2. The predicted molar refractivity (Wildman–Crippen MR) is 107 cm³/mol. The number of aromatic hydroxyl groups is 1. The molecule has 0 bridgehead atoms. The predicted octanol–water partition coefficient (Wildman–Crippen LogP) is 3.88. The number of aromatic nitrogens is 1. The van der Waals surface area contributed by atoms with Gasteiger partial charge >= 0.3 is 6.18 Å². The summed E-state index contributed by atoms with van der Waals surface area (Å²) in [5.41, 5.74) is -0.0951. The molecule has 1 aromatic carbocycles. The summed E-state index contributed by atoms with van der Waals surface area (Å²) in [4.78, 5) is 28.5. The van der Waals surface area contributed by atoms with E-state index in [0.29, 0.717) is 34.4 Å². The van der Waals surface area contributed by atoms with Crippen molar-refractivity contribution in [3.05, 3.63) is 58.1 Å². The average Bonchev–Trinajstić information content (AvgIpc) is 3.03. The third-order valence-corrected chi connectivity index (χ3v) is 5.53. The molecule has 0 atom stereocenters. The Morgan fingerprint density at radius 3 is 2.47 bits per heavy atom. The number of phenols is 1. The molecular formula is C20H18F3N3O3S. The zero-order valence-electron chi connectivity index (χ0n) is 15.8. The van der Waals surface area contributed by atoms with Crippen molar-refractivity contribution in [2.24, 2.45) is 0 Å². The van der Waals surface area contributed by atoms with Gasteiger partial charge < -0.3 is 15.7 Å². The first-order chi connectivity index (χ1) is 14.2. The van der Waals surface area contributed by atoms with Crippen LogP contribution in [0.5, 0.6) is 5.75 Å². The first-order valence-electron chi connectivity index (χ1n) is 8.99. The van der Waals surface area contributed by atoms with Crippen molar-refractivity contribution < 1.29 is 27.9 Å². The zero-order valence-corrected chi connectivity index (χ0v) is 16.7. The van der Waals surface area contributed by atoms with Crippen molar-refractivity contribution >= 4 is 33.4 Å². The second-order valence-corrected chi connectivity index (χ2v) is 7.52. The zero-order chi connectivity index (χ0) is 21.9. The van der Waals surface area contributed by atoms with Gasteiger partial charge in [-0.1, -0.05) is 6.07 Å². The van der Waals surface area contributed by atoms with E-state index < -0.39 is 17.8 Å². The third-order valence-electron chi connectivity index (χ3n) is 4.33.